The van der Waals surface area contributed by atoms with Crippen LogP contribution in [-0.4, -0.2) is 6.61 Å². The van der Waals surface area contributed by atoms with Crippen LogP contribution in [-0.2, 0) is 0 Å². The molecule has 0 aliphatic heterocycles. The SMILES string of the molecule is CCCOc1ccc(-c2ccco2)cc1Cl. The number of ether oxygens (including phenoxy) is 1. The Morgan fingerprint density at radius 2 is 2.19 bits per heavy atom. The third-order valence-corrected chi connectivity index (χ3v) is 2.49. The lowest BCUT2D eigenvalue weighted by molar-refractivity contribution is 0.317. The minimum absolute atomic E-state index is 0.613. The van der Waals surface area contributed by atoms with Crippen LogP contribution < -0.4 is 4.74 Å². The van der Waals surface area contributed by atoms with Crippen LogP contribution in [0.4, 0.5) is 0 Å². The van der Waals surface area contributed by atoms with E-state index in [2.05, 4.69) is 6.92 Å². The highest BCUT2D eigenvalue weighted by Gasteiger charge is 2.05. The first-order chi connectivity index (χ1) is 7.81. The molecule has 1 aromatic heterocycles. The molecular weight excluding hydrogens is 224 g/mol. The highest BCUT2D eigenvalue weighted by atomic mass is 35.5. The molecule has 0 amide bonds. The molecule has 0 unspecified atom stereocenters. The molecule has 0 saturated heterocycles. The molecule has 0 N–H and O–H groups in total. The van der Waals surface area contributed by atoms with Crippen LogP contribution in [0.3, 0.4) is 0 Å². The number of hydrogen-bond donors (Lipinski definition) is 0. The first-order valence-corrected chi connectivity index (χ1v) is 5.65. The van der Waals surface area contributed by atoms with Crippen molar-refractivity contribution in [3.8, 4) is 17.1 Å². The Morgan fingerprint density at radius 3 is 2.81 bits per heavy atom. The summed E-state index contributed by atoms with van der Waals surface area (Å²) < 4.78 is 10.8. The second kappa shape index (κ2) is 5.08. The van der Waals surface area contributed by atoms with Crippen LogP contribution in [0, 0.1) is 0 Å². The summed E-state index contributed by atoms with van der Waals surface area (Å²) in [5.74, 6) is 1.53. The zero-order chi connectivity index (χ0) is 11.4. The van der Waals surface area contributed by atoms with Crippen molar-refractivity contribution < 1.29 is 9.15 Å². The van der Waals surface area contributed by atoms with Crippen LogP contribution >= 0.6 is 11.6 Å². The largest absolute Gasteiger partial charge is 0.492 e. The number of rotatable bonds is 4. The lowest BCUT2D eigenvalue weighted by Crippen LogP contribution is -1.95. The molecule has 2 aromatic rings. The average Bonchev–Trinajstić information content (AvgIpc) is 2.81. The van der Waals surface area contributed by atoms with E-state index in [1.165, 1.54) is 0 Å². The highest BCUT2D eigenvalue weighted by Crippen LogP contribution is 2.30. The zero-order valence-electron chi connectivity index (χ0n) is 9.07. The van der Waals surface area contributed by atoms with E-state index in [4.69, 9.17) is 20.8 Å². The summed E-state index contributed by atoms with van der Waals surface area (Å²) in [6, 6.07) is 9.42. The third-order valence-electron chi connectivity index (χ3n) is 2.20. The van der Waals surface area contributed by atoms with Gasteiger partial charge < -0.3 is 9.15 Å². The van der Waals surface area contributed by atoms with E-state index in [1.54, 1.807) is 6.26 Å². The Balaban J connectivity index is 2.23. The van der Waals surface area contributed by atoms with E-state index >= 15 is 0 Å². The summed E-state index contributed by atoms with van der Waals surface area (Å²) in [5.41, 5.74) is 0.957. The van der Waals surface area contributed by atoms with E-state index in [9.17, 15) is 0 Å². The maximum atomic E-state index is 6.12. The maximum Gasteiger partial charge on any atom is 0.137 e. The molecule has 2 nitrogen and oxygen atoms in total. The Hall–Kier alpha value is -1.41. The first kappa shape index (κ1) is 11.1. The Labute approximate surface area is 99.8 Å². The van der Waals surface area contributed by atoms with Crippen LogP contribution in [0.2, 0.25) is 5.02 Å². The van der Waals surface area contributed by atoms with Gasteiger partial charge in [0.25, 0.3) is 0 Å². The normalized spacial score (nSPS) is 10.4. The molecule has 0 saturated carbocycles. The van der Waals surface area contributed by atoms with Crippen molar-refractivity contribution in [1.82, 2.24) is 0 Å². The van der Waals surface area contributed by atoms with Crippen LogP contribution in [0.5, 0.6) is 5.75 Å². The zero-order valence-corrected chi connectivity index (χ0v) is 9.83. The monoisotopic (exact) mass is 236 g/mol. The number of furan rings is 1. The Morgan fingerprint density at radius 1 is 1.31 bits per heavy atom. The predicted molar refractivity (Wildman–Crippen MR) is 64.9 cm³/mol. The second-order valence-corrected chi connectivity index (χ2v) is 3.88. The Bertz CT molecular complexity index is 449. The van der Waals surface area contributed by atoms with E-state index in [0.717, 1.165) is 23.5 Å². The van der Waals surface area contributed by atoms with Crippen molar-refractivity contribution in [2.45, 2.75) is 13.3 Å². The van der Waals surface area contributed by atoms with E-state index in [1.807, 2.05) is 30.3 Å². The molecule has 1 heterocycles. The molecule has 0 aliphatic rings. The van der Waals surface area contributed by atoms with Gasteiger partial charge in [0, 0.05) is 5.56 Å². The second-order valence-electron chi connectivity index (χ2n) is 3.47. The molecule has 1 aromatic carbocycles. The van der Waals surface area contributed by atoms with Gasteiger partial charge in [-0.1, -0.05) is 18.5 Å². The smallest absolute Gasteiger partial charge is 0.137 e. The van der Waals surface area contributed by atoms with Gasteiger partial charge in [-0.05, 0) is 36.8 Å². The minimum Gasteiger partial charge on any atom is -0.492 e. The first-order valence-electron chi connectivity index (χ1n) is 5.27. The molecule has 0 spiro atoms. The van der Waals surface area contributed by atoms with Gasteiger partial charge in [0.1, 0.15) is 11.5 Å². The van der Waals surface area contributed by atoms with Crippen molar-refractivity contribution >= 4 is 11.6 Å². The minimum atomic E-state index is 0.613. The number of hydrogen-bond acceptors (Lipinski definition) is 2. The van der Waals surface area contributed by atoms with Crippen molar-refractivity contribution in [2.75, 3.05) is 6.61 Å². The molecule has 16 heavy (non-hydrogen) atoms. The molecule has 3 heteroatoms. The summed E-state index contributed by atoms with van der Waals surface area (Å²) >= 11 is 6.12. The summed E-state index contributed by atoms with van der Waals surface area (Å²) in [5, 5.41) is 0.613. The standard InChI is InChI=1S/C13H13ClO2/c1-2-7-15-13-6-5-10(9-11(13)14)12-4-3-8-16-12/h3-6,8-9H,2,7H2,1H3. The fraction of sp³-hybridized carbons (Fsp3) is 0.231. The van der Waals surface area contributed by atoms with Gasteiger partial charge in [0.05, 0.1) is 17.9 Å². The fourth-order valence-electron chi connectivity index (χ4n) is 1.43. The molecular formula is C13H13ClO2. The topological polar surface area (TPSA) is 22.4 Å². The van der Waals surface area contributed by atoms with Crippen molar-refractivity contribution in [1.29, 1.82) is 0 Å². The third kappa shape index (κ3) is 2.39. The van der Waals surface area contributed by atoms with Gasteiger partial charge >= 0.3 is 0 Å². The summed E-state index contributed by atoms with van der Waals surface area (Å²) in [6.07, 6.45) is 2.61. The average molecular weight is 237 g/mol. The van der Waals surface area contributed by atoms with Crippen LogP contribution in [0.15, 0.2) is 41.0 Å². The van der Waals surface area contributed by atoms with E-state index < -0.39 is 0 Å². The summed E-state index contributed by atoms with van der Waals surface area (Å²) in [4.78, 5) is 0. The van der Waals surface area contributed by atoms with Gasteiger partial charge in [-0.3, -0.25) is 0 Å². The van der Waals surface area contributed by atoms with Crippen molar-refractivity contribution in [3.05, 3.63) is 41.6 Å². The fourth-order valence-corrected chi connectivity index (χ4v) is 1.66. The quantitative estimate of drug-likeness (QED) is 0.786. The van der Waals surface area contributed by atoms with E-state index in [-0.39, 0.29) is 0 Å². The van der Waals surface area contributed by atoms with Gasteiger partial charge in [-0.15, -0.1) is 0 Å². The van der Waals surface area contributed by atoms with Gasteiger partial charge in [-0.2, -0.15) is 0 Å². The van der Waals surface area contributed by atoms with Gasteiger partial charge in [0.15, 0.2) is 0 Å². The number of halogens is 1. The maximum absolute atomic E-state index is 6.12. The van der Waals surface area contributed by atoms with Crippen molar-refractivity contribution in [3.63, 3.8) is 0 Å². The van der Waals surface area contributed by atoms with Gasteiger partial charge in [0.2, 0.25) is 0 Å². The molecule has 0 fully saturated rings. The summed E-state index contributed by atoms with van der Waals surface area (Å²) in [7, 11) is 0. The molecule has 0 radical (unpaired) electrons. The van der Waals surface area contributed by atoms with Crippen LogP contribution in [0.25, 0.3) is 11.3 Å². The van der Waals surface area contributed by atoms with Crippen molar-refractivity contribution in [2.24, 2.45) is 0 Å². The molecule has 0 bridgehead atoms. The summed E-state index contributed by atoms with van der Waals surface area (Å²) in [6.45, 7) is 2.74. The van der Waals surface area contributed by atoms with Crippen LogP contribution in [0.1, 0.15) is 13.3 Å². The molecule has 0 aliphatic carbocycles. The number of benzene rings is 1. The molecule has 84 valence electrons. The predicted octanol–water partition coefficient (Wildman–Crippen LogP) is 4.39. The molecule has 0 atom stereocenters. The lowest BCUT2D eigenvalue weighted by Gasteiger charge is -2.07. The molecule has 2 rings (SSSR count). The highest BCUT2D eigenvalue weighted by molar-refractivity contribution is 6.32. The van der Waals surface area contributed by atoms with E-state index in [0.29, 0.717) is 11.6 Å². The van der Waals surface area contributed by atoms with Gasteiger partial charge in [-0.25, -0.2) is 0 Å². The lowest BCUT2D eigenvalue weighted by atomic mass is 10.2. The Kier molecular flexibility index (Phi) is 3.52.